The first-order valence-electron chi connectivity index (χ1n) is 9.03. The van der Waals surface area contributed by atoms with Crippen LogP contribution < -0.4 is 5.46 Å². The Bertz CT molecular complexity index is 1090. The van der Waals surface area contributed by atoms with E-state index in [9.17, 15) is 0 Å². The van der Waals surface area contributed by atoms with E-state index >= 15 is 0 Å². The molecule has 0 spiro atoms. The van der Waals surface area contributed by atoms with E-state index in [4.69, 9.17) is 7.85 Å². The van der Waals surface area contributed by atoms with Crippen LogP contribution in [-0.2, 0) is 5.41 Å². The van der Waals surface area contributed by atoms with Gasteiger partial charge in [-0.2, -0.15) is 0 Å². The van der Waals surface area contributed by atoms with Crippen LogP contribution in [0.1, 0.15) is 22.3 Å². The molecule has 5 rings (SSSR count). The molecule has 0 aromatic heterocycles. The first kappa shape index (κ1) is 16.6. The highest BCUT2D eigenvalue weighted by atomic mass is 79.9. The molecule has 2 heteroatoms. The molecule has 0 saturated carbocycles. The molecule has 0 fully saturated rings. The summed E-state index contributed by atoms with van der Waals surface area (Å²) < 4.78 is 0.938. The minimum absolute atomic E-state index is 0.372. The van der Waals surface area contributed by atoms with Crippen molar-refractivity contribution in [2.24, 2.45) is 0 Å². The van der Waals surface area contributed by atoms with Crippen LogP contribution in [0.15, 0.2) is 102 Å². The zero-order chi connectivity index (χ0) is 18.4. The first-order chi connectivity index (χ1) is 13.2. The summed E-state index contributed by atoms with van der Waals surface area (Å²) in [7, 11) is 6.36. The lowest BCUT2D eigenvalue weighted by Gasteiger charge is -2.34. The van der Waals surface area contributed by atoms with E-state index in [1.165, 1.54) is 33.4 Å². The molecule has 0 unspecified atom stereocenters. The van der Waals surface area contributed by atoms with Crippen LogP contribution in [0.4, 0.5) is 0 Å². The second-order valence-electron chi connectivity index (χ2n) is 6.95. The maximum absolute atomic E-state index is 6.36. The SMILES string of the molecule is [B]c1cc2c(cc1Br)-c1ccccc1C2(c1ccccc1)c1ccccc1. The Morgan fingerprint density at radius 2 is 1.15 bits per heavy atom. The molecule has 126 valence electrons. The highest BCUT2D eigenvalue weighted by Gasteiger charge is 2.45. The zero-order valence-electron chi connectivity index (χ0n) is 14.7. The molecule has 1 aliphatic carbocycles. The van der Waals surface area contributed by atoms with Crippen LogP contribution in [-0.4, -0.2) is 7.85 Å². The van der Waals surface area contributed by atoms with E-state index in [-0.39, 0.29) is 5.41 Å². The molecule has 0 atom stereocenters. The number of fused-ring (bicyclic) bond motifs is 3. The van der Waals surface area contributed by atoms with E-state index in [2.05, 4.69) is 113 Å². The van der Waals surface area contributed by atoms with Gasteiger partial charge in [-0.15, -0.1) is 0 Å². The van der Waals surface area contributed by atoms with Crippen LogP contribution in [0.2, 0.25) is 0 Å². The normalized spacial score (nSPS) is 13.8. The van der Waals surface area contributed by atoms with Crippen molar-refractivity contribution in [1.82, 2.24) is 0 Å². The van der Waals surface area contributed by atoms with E-state index in [1.807, 2.05) is 0 Å². The molecule has 0 bridgehead atoms. The largest absolute Gasteiger partial charge is 0.115 e. The smallest absolute Gasteiger partial charge is 0.0824 e. The van der Waals surface area contributed by atoms with Gasteiger partial charge in [0.25, 0.3) is 0 Å². The summed E-state index contributed by atoms with van der Waals surface area (Å²) in [6, 6.07) is 34.5. The maximum Gasteiger partial charge on any atom is 0.115 e. The highest BCUT2D eigenvalue weighted by molar-refractivity contribution is 9.10. The molecular weight excluding hydrogens is 391 g/mol. The second-order valence-corrected chi connectivity index (χ2v) is 7.80. The average molecular weight is 407 g/mol. The van der Waals surface area contributed by atoms with Gasteiger partial charge in [0, 0.05) is 4.47 Å². The lowest BCUT2D eigenvalue weighted by atomic mass is 9.67. The summed E-state index contributed by atoms with van der Waals surface area (Å²) in [6.45, 7) is 0. The van der Waals surface area contributed by atoms with Gasteiger partial charge in [0.1, 0.15) is 7.85 Å². The third-order valence-corrected chi connectivity index (χ3v) is 6.26. The Balaban J connectivity index is 1.99. The summed E-state index contributed by atoms with van der Waals surface area (Å²) in [5.41, 5.74) is 7.94. The van der Waals surface area contributed by atoms with Crippen molar-refractivity contribution in [1.29, 1.82) is 0 Å². The molecule has 0 N–H and O–H groups in total. The molecule has 2 radical (unpaired) electrons. The molecular formula is C25H16BBr. The van der Waals surface area contributed by atoms with Crippen LogP contribution in [0.5, 0.6) is 0 Å². The molecule has 27 heavy (non-hydrogen) atoms. The van der Waals surface area contributed by atoms with E-state index in [0.717, 1.165) is 9.94 Å². The van der Waals surface area contributed by atoms with Gasteiger partial charge in [-0.3, -0.25) is 0 Å². The average Bonchev–Trinajstić information content (AvgIpc) is 3.00. The van der Waals surface area contributed by atoms with E-state index in [1.54, 1.807) is 0 Å². The van der Waals surface area contributed by atoms with Crippen molar-refractivity contribution in [3.8, 4) is 11.1 Å². The summed E-state index contributed by atoms with van der Waals surface area (Å²) in [5, 5.41) is 0. The van der Waals surface area contributed by atoms with Crippen LogP contribution in [0.25, 0.3) is 11.1 Å². The molecule has 0 amide bonds. The van der Waals surface area contributed by atoms with Gasteiger partial charge < -0.3 is 0 Å². The third kappa shape index (κ3) is 2.30. The van der Waals surface area contributed by atoms with Crippen molar-refractivity contribution in [2.75, 3.05) is 0 Å². The predicted octanol–water partition coefficient (Wildman–Crippen LogP) is 5.61. The highest BCUT2D eigenvalue weighted by Crippen LogP contribution is 2.55. The summed E-state index contributed by atoms with van der Waals surface area (Å²) in [5.74, 6) is 0. The lowest BCUT2D eigenvalue weighted by Crippen LogP contribution is -2.29. The third-order valence-electron chi connectivity index (χ3n) is 5.58. The van der Waals surface area contributed by atoms with Crippen molar-refractivity contribution >= 4 is 29.2 Å². The Hall–Kier alpha value is -2.58. The topological polar surface area (TPSA) is 0 Å². The fraction of sp³-hybridized carbons (Fsp3) is 0.0400. The number of hydrogen-bond acceptors (Lipinski definition) is 0. The second kappa shape index (κ2) is 6.25. The van der Waals surface area contributed by atoms with Gasteiger partial charge >= 0.3 is 0 Å². The summed E-state index contributed by atoms with van der Waals surface area (Å²) in [6.07, 6.45) is 0. The molecule has 4 aromatic carbocycles. The van der Waals surface area contributed by atoms with Gasteiger partial charge in [-0.25, -0.2) is 0 Å². The van der Waals surface area contributed by atoms with E-state index in [0.29, 0.717) is 0 Å². The summed E-state index contributed by atoms with van der Waals surface area (Å²) in [4.78, 5) is 0. The maximum atomic E-state index is 6.36. The zero-order valence-corrected chi connectivity index (χ0v) is 16.3. The lowest BCUT2D eigenvalue weighted by molar-refractivity contribution is 0.769. The molecule has 1 aliphatic rings. The minimum atomic E-state index is -0.372. The molecule has 0 aliphatic heterocycles. The standard InChI is InChI=1S/C25H16BBr/c26-23-16-22-20(15-24(23)27)19-13-7-8-14-21(19)25(22,17-9-3-1-4-10-17)18-11-5-2-6-12-18/h1-16H. The number of rotatable bonds is 2. The van der Waals surface area contributed by atoms with Crippen LogP contribution in [0.3, 0.4) is 0 Å². The van der Waals surface area contributed by atoms with Gasteiger partial charge in [-0.1, -0.05) is 112 Å². The Kier molecular flexibility index (Phi) is 3.84. The van der Waals surface area contributed by atoms with Crippen molar-refractivity contribution in [3.05, 3.63) is 124 Å². The van der Waals surface area contributed by atoms with Crippen molar-refractivity contribution in [2.45, 2.75) is 5.41 Å². The monoisotopic (exact) mass is 406 g/mol. The first-order valence-corrected chi connectivity index (χ1v) is 9.82. The quantitative estimate of drug-likeness (QED) is 0.334. The Labute approximate surface area is 169 Å². The Morgan fingerprint density at radius 1 is 0.593 bits per heavy atom. The van der Waals surface area contributed by atoms with Gasteiger partial charge in [0.2, 0.25) is 0 Å². The van der Waals surface area contributed by atoms with Crippen LogP contribution in [0, 0.1) is 0 Å². The molecule has 0 saturated heterocycles. The molecule has 4 aromatic rings. The number of hydrogen-bond donors (Lipinski definition) is 0. The number of benzene rings is 4. The van der Waals surface area contributed by atoms with Crippen molar-refractivity contribution < 1.29 is 0 Å². The van der Waals surface area contributed by atoms with Crippen molar-refractivity contribution in [3.63, 3.8) is 0 Å². The van der Waals surface area contributed by atoms with Crippen LogP contribution >= 0.6 is 15.9 Å². The Morgan fingerprint density at radius 3 is 1.78 bits per heavy atom. The van der Waals surface area contributed by atoms with Gasteiger partial charge in [0.15, 0.2) is 0 Å². The van der Waals surface area contributed by atoms with E-state index < -0.39 is 0 Å². The fourth-order valence-corrected chi connectivity index (χ4v) is 4.82. The predicted molar refractivity (Wildman–Crippen MR) is 117 cm³/mol. The summed E-state index contributed by atoms with van der Waals surface area (Å²) >= 11 is 3.63. The molecule has 0 nitrogen and oxygen atoms in total. The fourth-order valence-electron chi connectivity index (χ4n) is 4.48. The van der Waals surface area contributed by atoms with Gasteiger partial charge in [0.05, 0.1) is 5.41 Å². The minimum Gasteiger partial charge on any atom is -0.0824 e. The molecule has 0 heterocycles. The number of halogens is 1. The van der Waals surface area contributed by atoms with Gasteiger partial charge in [-0.05, 0) is 39.4 Å².